The van der Waals surface area contributed by atoms with E-state index in [0.29, 0.717) is 17.1 Å². The number of hydrogen-bond acceptors (Lipinski definition) is 5. The Hall–Kier alpha value is -2.93. The lowest BCUT2D eigenvalue weighted by Crippen LogP contribution is -2.30. The quantitative estimate of drug-likeness (QED) is 0.348. The molecule has 0 saturated heterocycles. The number of aromatic nitrogens is 1. The Morgan fingerprint density at radius 1 is 1.23 bits per heavy atom. The number of rotatable bonds is 10. The third kappa shape index (κ3) is 10.1. The maximum absolute atomic E-state index is 12.6. The molecule has 0 aliphatic rings. The molecule has 0 aliphatic heterocycles. The normalized spacial score (nSPS) is 13.3. The summed E-state index contributed by atoms with van der Waals surface area (Å²) in [6.07, 6.45) is 5.54. The molecular formula is C28H46BN5O. The number of carbonyl (C=O) groups is 1. The van der Waals surface area contributed by atoms with Gasteiger partial charge in [0.2, 0.25) is 0 Å². The van der Waals surface area contributed by atoms with Crippen LogP contribution in [0.15, 0.2) is 53.4 Å². The van der Waals surface area contributed by atoms with Crippen LogP contribution in [0.4, 0.5) is 5.69 Å². The summed E-state index contributed by atoms with van der Waals surface area (Å²) in [5, 5.41) is 6.50. The summed E-state index contributed by atoms with van der Waals surface area (Å²) in [7, 11) is 7.80. The summed E-state index contributed by atoms with van der Waals surface area (Å²) in [5.74, 6) is 0.133. The monoisotopic (exact) mass is 479 g/mol. The molecule has 2 atom stereocenters. The summed E-state index contributed by atoms with van der Waals surface area (Å²) in [6, 6.07) is 9.73. The molecule has 2 rings (SSSR count). The summed E-state index contributed by atoms with van der Waals surface area (Å²) in [6.45, 7) is 17.4. The molecule has 1 aromatic heterocycles. The van der Waals surface area contributed by atoms with E-state index in [1.54, 1.807) is 6.07 Å². The number of nitrogens with zero attached hydrogens (tertiary/aromatic N) is 3. The number of aryl methyl sites for hydroxylation is 1. The van der Waals surface area contributed by atoms with Crippen LogP contribution in [0.1, 0.15) is 78.8 Å². The minimum absolute atomic E-state index is 0. The Morgan fingerprint density at radius 3 is 2.51 bits per heavy atom. The van der Waals surface area contributed by atoms with Crippen LogP contribution in [-0.4, -0.2) is 49.5 Å². The van der Waals surface area contributed by atoms with E-state index in [1.807, 2.05) is 51.3 Å². The second-order valence-electron chi connectivity index (χ2n) is 8.74. The molecule has 0 spiro atoms. The first-order valence-corrected chi connectivity index (χ1v) is 12.5. The molecule has 0 bridgehead atoms. The second kappa shape index (κ2) is 15.1. The smallest absolute Gasteiger partial charge is 0.257 e. The van der Waals surface area contributed by atoms with Gasteiger partial charge in [0.25, 0.3) is 5.91 Å². The van der Waals surface area contributed by atoms with E-state index in [4.69, 9.17) is 12.8 Å². The highest BCUT2D eigenvalue weighted by Crippen LogP contribution is 2.19. The lowest BCUT2D eigenvalue weighted by molar-refractivity contribution is 0.102. The van der Waals surface area contributed by atoms with Crippen molar-refractivity contribution >= 4 is 31.2 Å². The fourth-order valence-electron chi connectivity index (χ4n) is 3.18. The van der Waals surface area contributed by atoms with E-state index < -0.39 is 0 Å². The van der Waals surface area contributed by atoms with Crippen molar-refractivity contribution in [2.45, 2.75) is 67.5 Å². The molecule has 6 nitrogen and oxygen atoms in total. The fraction of sp³-hybridized carbons (Fsp3) is 0.464. The molecule has 35 heavy (non-hydrogen) atoms. The van der Waals surface area contributed by atoms with Crippen LogP contribution in [-0.2, 0) is 0 Å². The summed E-state index contributed by atoms with van der Waals surface area (Å²) < 4.78 is 0. The third-order valence-electron chi connectivity index (χ3n) is 5.43. The lowest BCUT2D eigenvalue weighted by atomic mass is 9.97. The largest absolute Gasteiger partial charge is 0.379 e. The molecular weight excluding hydrogens is 433 g/mol. The molecule has 192 valence electrons. The van der Waals surface area contributed by atoms with Crippen molar-refractivity contribution in [1.82, 2.24) is 15.2 Å². The van der Waals surface area contributed by atoms with Crippen LogP contribution < -0.4 is 16.2 Å². The molecule has 0 fully saturated rings. The van der Waals surface area contributed by atoms with Gasteiger partial charge in [0.1, 0.15) is 7.85 Å². The van der Waals surface area contributed by atoms with Crippen LogP contribution >= 0.6 is 0 Å². The van der Waals surface area contributed by atoms with Crippen LogP contribution in [0, 0.1) is 12.8 Å². The first kappa shape index (κ1) is 30.1. The SMILES string of the molecule is CC.[B]c1ncc(C(=O)Nc2cccc([C@H](C)NC(C)C=N/C(=C/N(C)CC)C(C)C)c2)cc1C.[HH].[HH]. The van der Waals surface area contributed by atoms with Crippen LogP contribution in [0.25, 0.3) is 0 Å². The van der Waals surface area contributed by atoms with Gasteiger partial charge in [-0.25, -0.2) is 0 Å². The second-order valence-corrected chi connectivity index (χ2v) is 8.74. The number of pyridine rings is 1. The van der Waals surface area contributed by atoms with Gasteiger partial charge in [0, 0.05) is 52.8 Å². The van der Waals surface area contributed by atoms with Crippen LogP contribution in [0.2, 0.25) is 0 Å². The Labute approximate surface area is 216 Å². The Bertz CT molecular complexity index is 1010. The zero-order valence-corrected chi connectivity index (χ0v) is 22.9. The maximum Gasteiger partial charge on any atom is 0.257 e. The van der Waals surface area contributed by atoms with E-state index in [-0.39, 0.29) is 20.8 Å². The predicted molar refractivity (Wildman–Crippen MR) is 155 cm³/mol. The first-order valence-electron chi connectivity index (χ1n) is 12.5. The standard InChI is InChI=1S/C26H36BN5O.C2H6.2H2/c1-8-32(7)16-24(17(2)3)28-14-19(5)30-20(6)21-10-9-11-23(13-21)31-26(33)22-12-18(4)25(27)29-15-22;1-2;;/h9-17,19-20,30H,8H2,1-7H3,(H,31,33);1-2H3;2*1H/b24-16+,28-14?;;;/t19?,20-;;;/m0.../s1. The number of amides is 1. The van der Waals surface area contributed by atoms with E-state index in [9.17, 15) is 4.79 Å². The summed E-state index contributed by atoms with van der Waals surface area (Å²) in [4.78, 5) is 23.5. The molecule has 0 aliphatic carbocycles. The van der Waals surface area contributed by atoms with Crippen LogP contribution in [0.3, 0.4) is 0 Å². The number of aliphatic imine (C=N–C) groups is 1. The Morgan fingerprint density at radius 2 is 1.91 bits per heavy atom. The van der Waals surface area contributed by atoms with Crippen molar-refractivity contribution < 1.29 is 7.65 Å². The van der Waals surface area contributed by atoms with Gasteiger partial charge in [-0.15, -0.1) is 0 Å². The van der Waals surface area contributed by atoms with Gasteiger partial charge in [-0.05, 0) is 68.5 Å². The van der Waals surface area contributed by atoms with E-state index in [2.05, 4.69) is 68.4 Å². The lowest BCUT2D eigenvalue weighted by Gasteiger charge is -2.19. The highest BCUT2D eigenvalue weighted by Gasteiger charge is 2.12. The van der Waals surface area contributed by atoms with Gasteiger partial charge < -0.3 is 15.5 Å². The highest BCUT2D eigenvalue weighted by atomic mass is 16.1. The van der Waals surface area contributed by atoms with Gasteiger partial charge in [-0.1, -0.05) is 39.8 Å². The third-order valence-corrected chi connectivity index (χ3v) is 5.43. The van der Waals surface area contributed by atoms with Crippen LogP contribution in [0.5, 0.6) is 0 Å². The predicted octanol–water partition coefficient (Wildman–Crippen LogP) is 5.51. The Kier molecular flexibility index (Phi) is 13.0. The van der Waals surface area contributed by atoms with Gasteiger partial charge in [-0.3, -0.25) is 14.8 Å². The topological polar surface area (TPSA) is 69.6 Å². The molecule has 1 unspecified atom stereocenters. The summed E-state index contributed by atoms with van der Waals surface area (Å²) >= 11 is 0. The number of allylic oxidation sites excluding steroid dienone is 1. The maximum atomic E-state index is 12.6. The molecule has 2 aromatic rings. The van der Waals surface area contributed by atoms with Crippen molar-refractivity contribution in [3.8, 4) is 0 Å². The van der Waals surface area contributed by atoms with Gasteiger partial charge in [0.05, 0.1) is 11.3 Å². The molecule has 0 saturated carbocycles. The van der Waals surface area contributed by atoms with Crippen molar-refractivity contribution in [1.29, 1.82) is 0 Å². The van der Waals surface area contributed by atoms with Gasteiger partial charge in [0.15, 0.2) is 0 Å². The first-order chi connectivity index (χ1) is 16.6. The van der Waals surface area contributed by atoms with E-state index >= 15 is 0 Å². The molecule has 7 heteroatoms. The van der Waals surface area contributed by atoms with E-state index in [1.165, 1.54) is 6.20 Å². The van der Waals surface area contributed by atoms with Crippen molar-refractivity contribution in [2.24, 2.45) is 10.9 Å². The number of carbonyl (C=O) groups excluding carboxylic acids is 1. The molecule has 1 aromatic carbocycles. The molecule has 1 amide bonds. The Balaban J connectivity index is 0. The van der Waals surface area contributed by atoms with Gasteiger partial charge in [-0.2, -0.15) is 0 Å². The average molecular weight is 480 g/mol. The number of nitrogens with one attached hydrogen (secondary N) is 2. The average Bonchev–Trinajstić information content (AvgIpc) is 2.84. The number of anilines is 1. The zero-order chi connectivity index (χ0) is 26.5. The number of hydrogen-bond donors (Lipinski definition) is 2. The molecule has 2 N–H and O–H groups in total. The molecule has 2 radical (unpaired) electrons. The van der Waals surface area contributed by atoms with E-state index in [0.717, 1.165) is 29.1 Å². The number of benzene rings is 1. The summed E-state index contributed by atoms with van der Waals surface area (Å²) in [5.41, 5.74) is 4.55. The zero-order valence-electron chi connectivity index (χ0n) is 22.9. The highest BCUT2D eigenvalue weighted by molar-refractivity contribution is 6.31. The van der Waals surface area contributed by atoms with Crippen molar-refractivity contribution in [2.75, 3.05) is 18.9 Å². The van der Waals surface area contributed by atoms with Crippen molar-refractivity contribution in [3.63, 3.8) is 0 Å². The minimum atomic E-state index is -0.214. The minimum Gasteiger partial charge on any atom is -0.379 e. The van der Waals surface area contributed by atoms with Crippen molar-refractivity contribution in [3.05, 3.63) is 65.1 Å². The molecule has 1 heterocycles. The fourth-order valence-corrected chi connectivity index (χ4v) is 3.18. The van der Waals surface area contributed by atoms with Gasteiger partial charge >= 0.3 is 0 Å².